The Labute approximate surface area is 321 Å². The Bertz CT molecular complexity index is 2060. The fourth-order valence-electron chi connectivity index (χ4n) is 6.32. The van der Waals surface area contributed by atoms with E-state index in [2.05, 4.69) is 10.0 Å². The number of nitrogens with one attached hydrogen (secondary N) is 2. The van der Waals surface area contributed by atoms with Crippen LogP contribution in [0, 0.1) is 6.92 Å². The fraction of sp³-hybridized carbons (Fsp3) is 0.279. The van der Waals surface area contributed by atoms with Crippen molar-refractivity contribution in [3.05, 3.63) is 161 Å². The van der Waals surface area contributed by atoms with Gasteiger partial charge in [0.25, 0.3) is 0 Å². The maximum Gasteiger partial charge on any atom is 0.241 e. The average Bonchev–Trinajstić information content (AvgIpc) is 3.20. The molecule has 54 heavy (non-hydrogen) atoms. The van der Waals surface area contributed by atoms with E-state index in [9.17, 15) is 23.4 Å². The summed E-state index contributed by atoms with van der Waals surface area (Å²) in [7, 11) is -3.95. The van der Waals surface area contributed by atoms with Crippen molar-refractivity contribution in [3.8, 4) is 11.1 Å². The van der Waals surface area contributed by atoms with E-state index in [-0.39, 0.29) is 43.3 Å². The molecule has 4 atom stereocenters. The summed E-state index contributed by atoms with van der Waals surface area (Å²) < 4.78 is 42.1. The van der Waals surface area contributed by atoms with E-state index in [0.717, 1.165) is 50.3 Å². The van der Waals surface area contributed by atoms with E-state index in [1.165, 1.54) is 12.1 Å². The van der Waals surface area contributed by atoms with Gasteiger partial charge in [-0.1, -0.05) is 115 Å². The molecule has 11 heteroatoms. The number of thioether (sulfide) groups is 1. The van der Waals surface area contributed by atoms with Crippen LogP contribution < -0.4 is 10.0 Å². The zero-order chi connectivity index (χ0) is 37.9. The van der Waals surface area contributed by atoms with Crippen molar-refractivity contribution in [2.24, 2.45) is 0 Å². The maximum absolute atomic E-state index is 13.6. The van der Waals surface area contributed by atoms with E-state index in [4.69, 9.17) is 9.47 Å². The van der Waals surface area contributed by atoms with Crippen LogP contribution in [0.5, 0.6) is 0 Å². The smallest absolute Gasteiger partial charge is 0.241 e. The Kier molecular flexibility index (Phi) is 13.7. The molecular weight excluding hydrogens is 721 g/mol. The number of carbonyl (C=O) groups is 1. The molecule has 0 aliphatic carbocycles. The summed E-state index contributed by atoms with van der Waals surface area (Å²) >= 11 is 1.65. The van der Waals surface area contributed by atoms with E-state index >= 15 is 0 Å². The second-order valence-electron chi connectivity index (χ2n) is 13.4. The number of benzene rings is 5. The first-order valence-corrected chi connectivity index (χ1v) is 20.6. The monoisotopic (exact) mass is 766 g/mol. The lowest BCUT2D eigenvalue weighted by molar-refractivity contribution is -0.245. The van der Waals surface area contributed by atoms with Crippen LogP contribution in [-0.4, -0.2) is 54.8 Å². The Hall–Kier alpha value is -4.33. The number of carbonyl (C=O) groups excluding carboxylic acids is 1. The predicted molar refractivity (Wildman–Crippen MR) is 212 cm³/mol. The Balaban J connectivity index is 1.13. The van der Waals surface area contributed by atoms with Gasteiger partial charge in [0.2, 0.25) is 15.9 Å². The molecule has 6 rings (SSSR count). The zero-order valence-electron chi connectivity index (χ0n) is 30.1. The summed E-state index contributed by atoms with van der Waals surface area (Å²) in [6.07, 6.45) is 0.0364. The lowest BCUT2D eigenvalue weighted by Gasteiger charge is -2.36. The number of hydrogen-bond donors (Lipinski definition) is 4. The minimum absolute atomic E-state index is 0.0179. The van der Waals surface area contributed by atoms with Gasteiger partial charge in [-0.15, -0.1) is 0 Å². The number of sulfonamides is 1. The minimum Gasteiger partial charge on any atom is -0.396 e. The Morgan fingerprint density at radius 1 is 0.796 bits per heavy atom. The highest BCUT2D eigenvalue weighted by Crippen LogP contribution is 2.39. The molecule has 5 aromatic carbocycles. The second-order valence-corrected chi connectivity index (χ2v) is 16.2. The Morgan fingerprint density at radius 3 is 2.20 bits per heavy atom. The van der Waals surface area contributed by atoms with Crippen LogP contribution in [0.15, 0.2) is 132 Å². The highest BCUT2D eigenvalue weighted by atomic mass is 32.2. The summed E-state index contributed by atoms with van der Waals surface area (Å²) in [5, 5.41) is 21.7. The number of rotatable bonds is 16. The lowest BCUT2D eigenvalue weighted by Crippen LogP contribution is -2.47. The molecule has 9 nitrogen and oxygen atoms in total. The average molecular weight is 767 g/mol. The topological polar surface area (TPSA) is 134 Å². The molecule has 1 heterocycles. The van der Waals surface area contributed by atoms with Crippen molar-refractivity contribution in [3.63, 3.8) is 0 Å². The molecule has 0 saturated carbocycles. The number of aryl methyl sites for hydroxylation is 1. The van der Waals surface area contributed by atoms with E-state index in [0.29, 0.717) is 12.2 Å². The summed E-state index contributed by atoms with van der Waals surface area (Å²) in [6.45, 7) is 2.19. The number of aliphatic hydroxyl groups is 2. The minimum atomic E-state index is -3.95. The van der Waals surface area contributed by atoms with Crippen LogP contribution >= 0.6 is 11.8 Å². The number of amides is 1. The molecule has 0 radical (unpaired) electrons. The molecule has 0 unspecified atom stereocenters. The van der Waals surface area contributed by atoms with Gasteiger partial charge in [-0.05, 0) is 64.9 Å². The van der Waals surface area contributed by atoms with Crippen LogP contribution in [0.4, 0.5) is 0 Å². The molecule has 282 valence electrons. The van der Waals surface area contributed by atoms with Gasteiger partial charge < -0.3 is 25.0 Å². The third-order valence-electron chi connectivity index (χ3n) is 9.29. The molecule has 1 amide bonds. The number of hydrogen-bond acceptors (Lipinski definition) is 8. The van der Waals surface area contributed by atoms with Crippen molar-refractivity contribution in [1.82, 2.24) is 10.0 Å². The van der Waals surface area contributed by atoms with Crippen LogP contribution in [0.25, 0.3) is 11.1 Å². The first-order chi connectivity index (χ1) is 26.2. The van der Waals surface area contributed by atoms with Crippen LogP contribution in [0.3, 0.4) is 0 Å². The van der Waals surface area contributed by atoms with Gasteiger partial charge in [0.05, 0.1) is 30.3 Å². The summed E-state index contributed by atoms with van der Waals surface area (Å²) in [5.41, 5.74) is 7.31. The first-order valence-electron chi connectivity index (χ1n) is 18.0. The fourth-order valence-corrected chi connectivity index (χ4v) is 8.29. The van der Waals surface area contributed by atoms with Gasteiger partial charge in [0, 0.05) is 30.0 Å². The van der Waals surface area contributed by atoms with Gasteiger partial charge in [-0.25, -0.2) is 8.42 Å². The van der Waals surface area contributed by atoms with Crippen LogP contribution in [0.2, 0.25) is 0 Å². The third kappa shape index (κ3) is 10.7. The molecule has 0 aromatic heterocycles. The van der Waals surface area contributed by atoms with Gasteiger partial charge in [0.15, 0.2) is 6.29 Å². The molecule has 0 bridgehead atoms. The first kappa shape index (κ1) is 39.4. The standard InChI is InChI=1S/C43H46N2O7S2/c1-30-10-20-39(21-11-30)54(49,50)45-40(25-31-6-3-2-4-7-31)42(48)44-27-33-8-5-9-37(24-33)34-16-18-36(19-17-34)43-51-38(29-53-23-22-46)26-41(52-43)35-14-12-32(28-47)13-15-35/h2-21,24,38,40-41,43,45-47H,22-23,25-29H2,1H3,(H,44,48)/t38-,40-,41+,43+/m1/s1. The third-order valence-corrected chi connectivity index (χ3v) is 11.9. The van der Waals surface area contributed by atoms with Gasteiger partial charge in [-0.3, -0.25) is 4.79 Å². The van der Waals surface area contributed by atoms with Gasteiger partial charge in [0.1, 0.15) is 6.04 Å². The summed E-state index contributed by atoms with van der Waals surface area (Å²) in [5.74, 6) is 0.950. The lowest BCUT2D eigenvalue weighted by atomic mass is 9.99. The molecule has 5 aromatic rings. The van der Waals surface area contributed by atoms with E-state index in [1.807, 2.05) is 110 Å². The SMILES string of the molecule is Cc1ccc(S(=O)(=O)N[C@H](Cc2ccccc2)C(=O)NCc2cccc(-c3ccc([C@H]4O[C@@H](CSCCO)C[C@@H](c5ccc(CO)cc5)O4)cc3)c2)cc1. The number of ether oxygens (including phenoxy) is 2. The molecule has 1 aliphatic rings. The normalized spacial score (nSPS) is 17.9. The van der Waals surface area contributed by atoms with E-state index in [1.54, 1.807) is 23.9 Å². The van der Waals surface area contributed by atoms with Crippen LogP contribution in [-0.2, 0) is 43.9 Å². The maximum atomic E-state index is 13.6. The summed E-state index contributed by atoms with van der Waals surface area (Å²) in [4.78, 5) is 13.7. The van der Waals surface area contributed by atoms with Gasteiger partial charge in [-0.2, -0.15) is 16.5 Å². The van der Waals surface area contributed by atoms with Crippen LogP contribution in [0.1, 0.15) is 52.2 Å². The molecule has 1 saturated heterocycles. The predicted octanol–water partition coefficient (Wildman–Crippen LogP) is 6.63. The largest absolute Gasteiger partial charge is 0.396 e. The highest BCUT2D eigenvalue weighted by Gasteiger charge is 2.32. The highest BCUT2D eigenvalue weighted by molar-refractivity contribution is 7.99. The van der Waals surface area contributed by atoms with Crippen molar-refractivity contribution in [2.75, 3.05) is 18.1 Å². The van der Waals surface area contributed by atoms with Crippen molar-refractivity contribution in [1.29, 1.82) is 0 Å². The van der Waals surface area contributed by atoms with Crippen molar-refractivity contribution >= 4 is 27.7 Å². The molecule has 4 N–H and O–H groups in total. The summed E-state index contributed by atoms with van der Waals surface area (Å²) in [6, 6.07) is 38.5. The molecule has 0 spiro atoms. The number of aliphatic hydroxyl groups excluding tert-OH is 2. The molecule has 1 fully saturated rings. The quantitative estimate of drug-likeness (QED) is 0.0823. The molecule has 1 aliphatic heterocycles. The zero-order valence-corrected chi connectivity index (χ0v) is 31.8. The van der Waals surface area contributed by atoms with Crippen molar-refractivity contribution < 1.29 is 32.9 Å². The molecular formula is C43H46N2O7S2. The van der Waals surface area contributed by atoms with E-state index < -0.39 is 28.3 Å². The van der Waals surface area contributed by atoms with Gasteiger partial charge >= 0.3 is 0 Å². The van der Waals surface area contributed by atoms with Crippen molar-refractivity contribution in [2.45, 2.75) is 62.4 Å². The second kappa shape index (κ2) is 18.8. The Morgan fingerprint density at radius 2 is 1.50 bits per heavy atom.